The molecule has 0 unspecified atom stereocenters. The quantitative estimate of drug-likeness (QED) is 0.743. The van der Waals surface area contributed by atoms with Gasteiger partial charge in [-0.1, -0.05) is 17.3 Å². The third-order valence-corrected chi connectivity index (χ3v) is 4.59. The van der Waals surface area contributed by atoms with Crippen molar-refractivity contribution >= 4 is 23.0 Å². The molecule has 9 heteroatoms. The van der Waals surface area contributed by atoms with E-state index in [1.54, 1.807) is 30.1 Å². The number of benzene rings is 1. The molecule has 3 heterocycles. The zero-order valence-corrected chi connectivity index (χ0v) is 14.6. The lowest BCUT2D eigenvalue weighted by Crippen LogP contribution is -2.41. The highest BCUT2D eigenvalue weighted by Gasteiger charge is 2.33. The zero-order valence-electron chi connectivity index (χ0n) is 14.6. The Labute approximate surface area is 154 Å². The molecule has 1 fully saturated rings. The molecule has 1 N–H and O–H groups in total. The van der Waals surface area contributed by atoms with Gasteiger partial charge in [0, 0.05) is 26.3 Å². The van der Waals surface area contributed by atoms with Crippen molar-refractivity contribution in [1.29, 1.82) is 0 Å². The maximum atomic E-state index is 13.0. The second-order valence-electron chi connectivity index (χ2n) is 6.48. The summed E-state index contributed by atoms with van der Waals surface area (Å²) >= 11 is 0. The van der Waals surface area contributed by atoms with E-state index in [0.29, 0.717) is 36.2 Å². The van der Waals surface area contributed by atoms with E-state index >= 15 is 0 Å². The van der Waals surface area contributed by atoms with E-state index in [9.17, 15) is 14.0 Å². The summed E-state index contributed by atoms with van der Waals surface area (Å²) in [5.41, 5.74) is 2.26. The molecular weight excluding hydrogens is 351 g/mol. The molecule has 0 bridgehead atoms. The molecule has 1 aromatic carbocycles. The summed E-state index contributed by atoms with van der Waals surface area (Å²) in [6, 6.07) is 7.04. The largest absolute Gasteiger partial charge is 0.340 e. The maximum Gasteiger partial charge on any atom is 0.253 e. The summed E-state index contributed by atoms with van der Waals surface area (Å²) in [6.07, 6.45) is 1.96. The van der Waals surface area contributed by atoms with Crippen LogP contribution in [0.3, 0.4) is 0 Å². The number of aromatic nitrogens is 4. The van der Waals surface area contributed by atoms with Crippen LogP contribution in [0, 0.1) is 5.82 Å². The lowest BCUT2D eigenvalue weighted by Gasteiger charge is -2.17. The smallest absolute Gasteiger partial charge is 0.253 e. The highest BCUT2D eigenvalue weighted by Crippen LogP contribution is 2.17. The molecule has 3 aromatic rings. The number of rotatable bonds is 4. The van der Waals surface area contributed by atoms with E-state index in [0.717, 1.165) is 5.56 Å². The van der Waals surface area contributed by atoms with Gasteiger partial charge in [0.25, 0.3) is 5.91 Å². The Bertz CT molecular complexity index is 1020. The van der Waals surface area contributed by atoms with Crippen LogP contribution in [0.4, 0.5) is 4.39 Å². The third-order valence-electron chi connectivity index (χ3n) is 4.59. The first-order valence-corrected chi connectivity index (χ1v) is 8.51. The van der Waals surface area contributed by atoms with Crippen molar-refractivity contribution in [2.45, 2.75) is 19.0 Å². The average Bonchev–Trinajstić information content (AvgIpc) is 3.20. The molecule has 27 heavy (non-hydrogen) atoms. The molecule has 138 valence electrons. The van der Waals surface area contributed by atoms with Gasteiger partial charge in [0.1, 0.15) is 17.4 Å². The maximum absolute atomic E-state index is 13.0. The number of nitrogens with zero attached hydrogens (tertiary/aromatic N) is 5. The van der Waals surface area contributed by atoms with Crippen LogP contribution < -0.4 is 5.32 Å². The predicted molar refractivity (Wildman–Crippen MR) is 94.0 cm³/mol. The summed E-state index contributed by atoms with van der Waals surface area (Å²) in [5.74, 6) is -0.844. The first-order valence-electron chi connectivity index (χ1n) is 8.51. The van der Waals surface area contributed by atoms with Gasteiger partial charge in [-0.3, -0.25) is 9.59 Å². The van der Waals surface area contributed by atoms with Gasteiger partial charge >= 0.3 is 0 Å². The van der Waals surface area contributed by atoms with Crippen molar-refractivity contribution < 1.29 is 14.0 Å². The number of carbonyl (C=O) groups is 2. The fourth-order valence-corrected chi connectivity index (χ4v) is 3.13. The number of pyridine rings is 1. The number of carbonyl (C=O) groups excluding carboxylic acids is 2. The fourth-order valence-electron chi connectivity index (χ4n) is 3.13. The molecule has 8 nitrogen and oxygen atoms in total. The van der Waals surface area contributed by atoms with Gasteiger partial charge in [-0.05, 0) is 30.2 Å². The van der Waals surface area contributed by atoms with Gasteiger partial charge in [0.15, 0.2) is 5.65 Å². The van der Waals surface area contributed by atoms with Gasteiger partial charge in [0.2, 0.25) is 5.91 Å². The molecule has 2 amide bonds. The Morgan fingerprint density at radius 2 is 2.11 bits per heavy atom. The van der Waals surface area contributed by atoms with Gasteiger partial charge in [-0.15, -0.1) is 5.10 Å². The first kappa shape index (κ1) is 17.1. The molecule has 1 aliphatic rings. The van der Waals surface area contributed by atoms with Gasteiger partial charge in [0.05, 0.1) is 5.56 Å². The molecule has 0 radical (unpaired) electrons. The number of amides is 2. The third kappa shape index (κ3) is 3.35. The van der Waals surface area contributed by atoms with Crippen molar-refractivity contribution in [1.82, 2.24) is 30.2 Å². The molecular formula is C18H17FN6O2. The number of fused-ring (bicyclic) bond motifs is 1. The number of nitrogens with one attached hydrogen (secondary N) is 1. The summed E-state index contributed by atoms with van der Waals surface area (Å²) in [5, 5.41) is 10.6. The summed E-state index contributed by atoms with van der Waals surface area (Å²) in [4.78, 5) is 30.9. The van der Waals surface area contributed by atoms with E-state index < -0.39 is 6.04 Å². The highest BCUT2D eigenvalue weighted by molar-refractivity contribution is 5.99. The first-order chi connectivity index (χ1) is 13.0. The second kappa shape index (κ2) is 6.75. The SMILES string of the molecule is Cn1nnc2cc(C(=O)N[C@@H]3CCN(Cc4ccc(F)cc4)C3=O)cnc21. The fraction of sp³-hybridized carbons (Fsp3) is 0.278. The average molecular weight is 368 g/mol. The topological polar surface area (TPSA) is 93.0 Å². The van der Waals surface area contributed by atoms with Crippen LogP contribution in [0.15, 0.2) is 36.5 Å². The summed E-state index contributed by atoms with van der Waals surface area (Å²) < 4.78 is 14.5. The number of hydrogen-bond acceptors (Lipinski definition) is 5. The minimum atomic E-state index is -0.587. The van der Waals surface area contributed by atoms with Crippen molar-refractivity contribution in [3.8, 4) is 0 Å². The van der Waals surface area contributed by atoms with E-state index in [1.165, 1.54) is 23.0 Å². The Balaban J connectivity index is 1.42. The second-order valence-corrected chi connectivity index (χ2v) is 6.48. The van der Waals surface area contributed by atoms with Crippen molar-refractivity contribution in [3.05, 3.63) is 53.5 Å². The van der Waals surface area contributed by atoms with E-state index in [4.69, 9.17) is 0 Å². The van der Waals surface area contributed by atoms with Crippen molar-refractivity contribution in [3.63, 3.8) is 0 Å². The van der Waals surface area contributed by atoms with Crippen LogP contribution in [-0.2, 0) is 18.4 Å². The van der Waals surface area contributed by atoms with Crippen molar-refractivity contribution in [2.24, 2.45) is 7.05 Å². The Morgan fingerprint density at radius 1 is 1.33 bits per heavy atom. The van der Waals surface area contributed by atoms with E-state index in [-0.39, 0.29) is 17.6 Å². The summed E-state index contributed by atoms with van der Waals surface area (Å²) in [7, 11) is 1.72. The number of halogens is 1. The van der Waals surface area contributed by atoms with Gasteiger partial charge < -0.3 is 10.2 Å². The van der Waals surface area contributed by atoms with Crippen LogP contribution in [0.1, 0.15) is 22.3 Å². The van der Waals surface area contributed by atoms with Gasteiger partial charge in [-0.25, -0.2) is 14.1 Å². The minimum absolute atomic E-state index is 0.152. The lowest BCUT2D eigenvalue weighted by atomic mass is 10.2. The monoisotopic (exact) mass is 368 g/mol. The van der Waals surface area contributed by atoms with Gasteiger partial charge in [-0.2, -0.15) is 0 Å². The predicted octanol–water partition coefficient (Wildman–Crippen LogP) is 1.03. The lowest BCUT2D eigenvalue weighted by molar-refractivity contribution is -0.129. The molecule has 1 aliphatic heterocycles. The molecule has 2 aromatic heterocycles. The van der Waals surface area contributed by atoms with Crippen LogP contribution in [-0.4, -0.2) is 49.3 Å². The number of hydrogen-bond donors (Lipinski definition) is 1. The Morgan fingerprint density at radius 3 is 2.89 bits per heavy atom. The van der Waals surface area contributed by atoms with Crippen LogP contribution >= 0.6 is 0 Å². The van der Waals surface area contributed by atoms with Crippen molar-refractivity contribution in [2.75, 3.05) is 6.54 Å². The molecule has 0 aliphatic carbocycles. The zero-order chi connectivity index (χ0) is 19.0. The number of likely N-dealkylation sites (tertiary alicyclic amines) is 1. The standard InChI is InChI=1S/C18H17FN6O2/c1-24-16-15(22-23-24)8-12(9-20-16)17(26)21-14-6-7-25(18(14)27)10-11-2-4-13(19)5-3-11/h2-5,8-9,14H,6-7,10H2,1H3,(H,21,26)/t14-/m1/s1. The van der Waals surface area contributed by atoms with Crippen LogP contribution in [0.2, 0.25) is 0 Å². The highest BCUT2D eigenvalue weighted by atomic mass is 19.1. The number of aryl methyl sites for hydroxylation is 1. The Kier molecular flexibility index (Phi) is 4.27. The Hall–Kier alpha value is -3.36. The van der Waals surface area contributed by atoms with Crippen LogP contribution in [0.5, 0.6) is 0 Å². The summed E-state index contributed by atoms with van der Waals surface area (Å²) in [6.45, 7) is 0.918. The molecule has 0 spiro atoms. The molecule has 1 atom stereocenters. The molecule has 0 saturated carbocycles. The van der Waals surface area contributed by atoms with Crippen LogP contribution in [0.25, 0.3) is 11.2 Å². The van der Waals surface area contributed by atoms with E-state index in [2.05, 4.69) is 20.6 Å². The minimum Gasteiger partial charge on any atom is -0.340 e. The van der Waals surface area contributed by atoms with E-state index in [1.807, 2.05) is 0 Å². The molecule has 4 rings (SSSR count). The molecule has 1 saturated heterocycles. The normalized spacial score (nSPS) is 16.9.